The number of hydrogen-bond donors (Lipinski definition) is 2. The molecule has 0 radical (unpaired) electrons. The Morgan fingerprint density at radius 2 is 2.38 bits per heavy atom. The maximum Gasteiger partial charge on any atom is 0.321 e. The standard InChI is InChI=1S/C9H15NO3/c1-3-6(2)10-5-7(11)4-8(10)9(12)13/h3,6-8,11H,1,4-5H2,2H3,(H,12,13). The van der Waals surface area contributed by atoms with E-state index in [0.717, 1.165) is 0 Å². The second-order valence-electron chi connectivity index (χ2n) is 3.42. The molecule has 74 valence electrons. The van der Waals surface area contributed by atoms with Crippen LogP contribution in [0.3, 0.4) is 0 Å². The Morgan fingerprint density at radius 3 is 2.85 bits per heavy atom. The molecule has 0 spiro atoms. The van der Waals surface area contributed by atoms with Gasteiger partial charge >= 0.3 is 5.97 Å². The van der Waals surface area contributed by atoms with Crippen LogP contribution < -0.4 is 0 Å². The van der Waals surface area contributed by atoms with Crippen molar-refractivity contribution >= 4 is 5.97 Å². The zero-order valence-corrected chi connectivity index (χ0v) is 7.68. The third-order valence-corrected chi connectivity index (χ3v) is 2.47. The molecule has 1 aliphatic heterocycles. The second-order valence-corrected chi connectivity index (χ2v) is 3.42. The van der Waals surface area contributed by atoms with E-state index in [-0.39, 0.29) is 6.04 Å². The van der Waals surface area contributed by atoms with E-state index in [1.807, 2.05) is 6.92 Å². The third kappa shape index (κ3) is 2.08. The van der Waals surface area contributed by atoms with Crippen molar-refractivity contribution in [2.75, 3.05) is 6.54 Å². The minimum Gasteiger partial charge on any atom is -0.480 e. The first-order valence-electron chi connectivity index (χ1n) is 4.35. The average molecular weight is 185 g/mol. The van der Waals surface area contributed by atoms with Gasteiger partial charge in [0.15, 0.2) is 0 Å². The van der Waals surface area contributed by atoms with Gasteiger partial charge in [-0.05, 0) is 6.92 Å². The molecule has 0 saturated carbocycles. The number of β-amino-alcohol motifs (C(OH)–C–C–N with tert-alkyl or cyclic N) is 1. The lowest BCUT2D eigenvalue weighted by Gasteiger charge is -2.25. The molecular weight excluding hydrogens is 170 g/mol. The topological polar surface area (TPSA) is 60.8 Å². The number of aliphatic hydroxyl groups excluding tert-OH is 1. The number of aliphatic hydroxyl groups is 1. The maximum atomic E-state index is 10.8. The Bertz CT molecular complexity index is 217. The maximum absolute atomic E-state index is 10.8. The molecule has 0 aliphatic carbocycles. The van der Waals surface area contributed by atoms with Crippen LogP contribution >= 0.6 is 0 Å². The summed E-state index contributed by atoms with van der Waals surface area (Å²) in [7, 11) is 0. The molecule has 4 nitrogen and oxygen atoms in total. The molecule has 1 saturated heterocycles. The van der Waals surface area contributed by atoms with Crippen LogP contribution in [0.25, 0.3) is 0 Å². The predicted molar refractivity (Wildman–Crippen MR) is 48.4 cm³/mol. The van der Waals surface area contributed by atoms with Gasteiger partial charge in [0.2, 0.25) is 0 Å². The van der Waals surface area contributed by atoms with Gasteiger partial charge in [-0.2, -0.15) is 0 Å². The third-order valence-electron chi connectivity index (χ3n) is 2.47. The van der Waals surface area contributed by atoms with Crippen molar-refractivity contribution < 1.29 is 15.0 Å². The van der Waals surface area contributed by atoms with E-state index >= 15 is 0 Å². The molecule has 0 bridgehead atoms. The Kier molecular flexibility index (Phi) is 3.06. The summed E-state index contributed by atoms with van der Waals surface area (Å²) in [6, 6.07) is -0.568. The smallest absolute Gasteiger partial charge is 0.321 e. The van der Waals surface area contributed by atoms with Crippen LogP contribution in [-0.2, 0) is 4.79 Å². The van der Waals surface area contributed by atoms with E-state index in [1.165, 1.54) is 0 Å². The van der Waals surface area contributed by atoms with Gasteiger partial charge in [-0.1, -0.05) is 6.08 Å². The summed E-state index contributed by atoms with van der Waals surface area (Å²) in [5.74, 6) is -0.870. The predicted octanol–water partition coefficient (Wildman–Crippen LogP) is 0.0807. The first kappa shape index (κ1) is 10.2. The van der Waals surface area contributed by atoms with E-state index in [4.69, 9.17) is 5.11 Å². The number of aliphatic carboxylic acids is 1. The van der Waals surface area contributed by atoms with Gasteiger partial charge in [0, 0.05) is 19.0 Å². The molecule has 4 heteroatoms. The molecule has 1 heterocycles. The minimum absolute atomic E-state index is 0.00162. The summed E-state index contributed by atoms with van der Waals surface area (Å²) >= 11 is 0. The fraction of sp³-hybridized carbons (Fsp3) is 0.667. The van der Waals surface area contributed by atoms with Crippen LogP contribution in [0.15, 0.2) is 12.7 Å². The van der Waals surface area contributed by atoms with Crippen LogP contribution in [0.4, 0.5) is 0 Å². The highest BCUT2D eigenvalue weighted by atomic mass is 16.4. The van der Waals surface area contributed by atoms with E-state index < -0.39 is 18.1 Å². The minimum atomic E-state index is -0.870. The van der Waals surface area contributed by atoms with Crippen molar-refractivity contribution in [1.82, 2.24) is 4.90 Å². The highest BCUT2D eigenvalue weighted by Crippen LogP contribution is 2.20. The molecule has 0 aromatic carbocycles. The lowest BCUT2D eigenvalue weighted by atomic mass is 10.2. The summed E-state index contributed by atoms with van der Waals surface area (Å²) in [5, 5.41) is 18.2. The molecule has 0 amide bonds. The molecule has 1 rings (SSSR count). The summed E-state index contributed by atoms with van der Waals surface area (Å²) in [5.41, 5.74) is 0. The van der Waals surface area contributed by atoms with Crippen molar-refractivity contribution in [3.05, 3.63) is 12.7 Å². The molecular formula is C9H15NO3. The van der Waals surface area contributed by atoms with Gasteiger partial charge < -0.3 is 10.2 Å². The van der Waals surface area contributed by atoms with Gasteiger partial charge in [-0.15, -0.1) is 6.58 Å². The van der Waals surface area contributed by atoms with Gasteiger partial charge in [-0.3, -0.25) is 9.69 Å². The van der Waals surface area contributed by atoms with E-state index in [1.54, 1.807) is 11.0 Å². The van der Waals surface area contributed by atoms with E-state index in [9.17, 15) is 9.90 Å². The fourth-order valence-electron chi connectivity index (χ4n) is 1.67. The first-order chi connectivity index (χ1) is 6.06. The van der Waals surface area contributed by atoms with Crippen LogP contribution in [0, 0.1) is 0 Å². The first-order valence-corrected chi connectivity index (χ1v) is 4.35. The lowest BCUT2D eigenvalue weighted by molar-refractivity contribution is -0.142. The van der Waals surface area contributed by atoms with Gasteiger partial charge in [0.05, 0.1) is 6.10 Å². The highest BCUT2D eigenvalue weighted by molar-refractivity contribution is 5.74. The Hall–Kier alpha value is -0.870. The number of rotatable bonds is 3. The molecule has 13 heavy (non-hydrogen) atoms. The SMILES string of the molecule is C=CC(C)N1CC(O)CC1C(=O)O. The fourth-order valence-corrected chi connectivity index (χ4v) is 1.67. The van der Waals surface area contributed by atoms with Crippen molar-refractivity contribution in [2.45, 2.75) is 31.5 Å². The van der Waals surface area contributed by atoms with Crippen molar-refractivity contribution in [1.29, 1.82) is 0 Å². The Morgan fingerprint density at radius 1 is 1.77 bits per heavy atom. The number of hydrogen-bond acceptors (Lipinski definition) is 3. The second kappa shape index (κ2) is 3.89. The number of likely N-dealkylation sites (tertiary alicyclic amines) is 1. The molecule has 1 fully saturated rings. The number of carbonyl (C=O) groups is 1. The summed E-state index contributed by atoms with van der Waals surface area (Å²) in [6.07, 6.45) is 1.48. The summed E-state index contributed by atoms with van der Waals surface area (Å²) < 4.78 is 0. The zero-order valence-electron chi connectivity index (χ0n) is 7.68. The highest BCUT2D eigenvalue weighted by Gasteiger charge is 2.37. The molecule has 0 aromatic rings. The molecule has 3 atom stereocenters. The Balaban J connectivity index is 2.71. The molecule has 2 N–H and O–H groups in total. The van der Waals surface area contributed by atoms with E-state index in [0.29, 0.717) is 13.0 Å². The zero-order chi connectivity index (χ0) is 10.0. The normalized spacial score (nSPS) is 31.5. The number of nitrogens with zero attached hydrogens (tertiary/aromatic N) is 1. The summed E-state index contributed by atoms with van der Waals surface area (Å²) in [4.78, 5) is 12.5. The monoisotopic (exact) mass is 185 g/mol. The molecule has 0 aromatic heterocycles. The number of carboxylic acids is 1. The van der Waals surface area contributed by atoms with Gasteiger partial charge in [0.25, 0.3) is 0 Å². The number of carboxylic acid groups (broad SMARTS) is 1. The van der Waals surface area contributed by atoms with Gasteiger partial charge in [-0.25, -0.2) is 0 Å². The summed E-state index contributed by atoms with van der Waals surface area (Å²) in [6.45, 7) is 5.90. The van der Waals surface area contributed by atoms with Crippen LogP contribution in [0.2, 0.25) is 0 Å². The molecule has 3 unspecified atom stereocenters. The van der Waals surface area contributed by atoms with Crippen molar-refractivity contribution in [3.8, 4) is 0 Å². The lowest BCUT2D eigenvalue weighted by Crippen LogP contribution is -2.41. The van der Waals surface area contributed by atoms with Crippen molar-refractivity contribution in [2.24, 2.45) is 0 Å². The largest absolute Gasteiger partial charge is 0.480 e. The van der Waals surface area contributed by atoms with Crippen LogP contribution in [-0.4, -0.2) is 45.8 Å². The Labute approximate surface area is 77.5 Å². The van der Waals surface area contributed by atoms with Crippen LogP contribution in [0.5, 0.6) is 0 Å². The quantitative estimate of drug-likeness (QED) is 0.611. The van der Waals surface area contributed by atoms with Crippen molar-refractivity contribution in [3.63, 3.8) is 0 Å². The molecule has 1 aliphatic rings. The van der Waals surface area contributed by atoms with Gasteiger partial charge in [0.1, 0.15) is 6.04 Å². The van der Waals surface area contributed by atoms with E-state index in [2.05, 4.69) is 6.58 Å². The van der Waals surface area contributed by atoms with Crippen LogP contribution in [0.1, 0.15) is 13.3 Å². The average Bonchev–Trinajstić information content (AvgIpc) is 2.46.